The van der Waals surface area contributed by atoms with Crippen molar-refractivity contribution in [1.82, 2.24) is 14.8 Å². The molecule has 0 aliphatic carbocycles. The van der Waals surface area contributed by atoms with Crippen LogP contribution in [0.4, 0.5) is 10.7 Å². The lowest BCUT2D eigenvalue weighted by Crippen LogP contribution is -2.31. The lowest BCUT2D eigenvalue weighted by Gasteiger charge is -2.18. The molecule has 1 aromatic heterocycles. The molecule has 0 spiro atoms. The molecule has 1 aliphatic heterocycles. The van der Waals surface area contributed by atoms with E-state index in [-0.39, 0.29) is 5.91 Å². The molecule has 1 fully saturated rings. The first-order valence-electron chi connectivity index (χ1n) is 7.83. The van der Waals surface area contributed by atoms with Crippen LogP contribution in [0.25, 0.3) is 0 Å². The first-order valence-corrected chi connectivity index (χ1v) is 8.71. The lowest BCUT2D eigenvalue weighted by molar-refractivity contribution is 0.0781. The molecule has 5 nitrogen and oxygen atoms in total. The molecule has 1 aliphatic rings. The van der Waals surface area contributed by atoms with Crippen molar-refractivity contribution >= 4 is 27.9 Å². The summed E-state index contributed by atoms with van der Waals surface area (Å²) in [4.78, 5) is 21.2. The standard InChI is InChI=1S/C17H22N4OS/c1-20(2)10-13-8-9-21(11-13)17(22)15-16(23-12-18-15)19-14-6-4-3-5-7-14/h3-7,12-13,19H,8-11H2,1-2H3. The second-order valence-corrected chi connectivity index (χ2v) is 7.04. The average Bonchev–Trinajstić information content (AvgIpc) is 3.16. The highest BCUT2D eigenvalue weighted by atomic mass is 32.1. The number of carbonyl (C=O) groups is 1. The van der Waals surface area contributed by atoms with Gasteiger partial charge < -0.3 is 15.1 Å². The zero-order valence-corrected chi connectivity index (χ0v) is 14.3. The van der Waals surface area contributed by atoms with E-state index in [1.54, 1.807) is 5.51 Å². The van der Waals surface area contributed by atoms with Crippen molar-refractivity contribution in [2.45, 2.75) is 6.42 Å². The minimum atomic E-state index is 0.0333. The first-order chi connectivity index (χ1) is 11.1. The minimum absolute atomic E-state index is 0.0333. The van der Waals surface area contributed by atoms with Crippen LogP contribution in [0.2, 0.25) is 0 Å². The quantitative estimate of drug-likeness (QED) is 0.916. The molecular weight excluding hydrogens is 308 g/mol. The van der Waals surface area contributed by atoms with E-state index in [9.17, 15) is 4.79 Å². The fourth-order valence-electron chi connectivity index (χ4n) is 2.97. The van der Waals surface area contributed by atoms with Gasteiger partial charge in [-0.3, -0.25) is 4.79 Å². The van der Waals surface area contributed by atoms with Gasteiger partial charge in [-0.15, -0.1) is 11.3 Å². The van der Waals surface area contributed by atoms with Crippen LogP contribution >= 0.6 is 11.3 Å². The predicted molar refractivity (Wildman–Crippen MR) is 94.4 cm³/mol. The molecule has 1 atom stereocenters. The van der Waals surface area contributed by atoms with Crippen molar-refractivity contribution < 1.29 is 4.79 Å². The number of rotatable bonds is 5. The molecule has 0 saturated carbocycles. The molecule has 1 amide bonds. The molecule has 1 saturated heterocycles. The topological polar surface area (TPSA) is 48.5 Å². The largest absolute Gasteiger partial charge is 0.345 e. The van der Waals surface area contributed by atoms with Crippen LogP contribution in [-0.4, -0.2) is 54.4 Å². The van der Waals surface area contributed by atoms with Gasteiger partial charge in [-0.05, 0) is 38.6 Å². The fourth-order valence-corrected chi connectivity index (χ4v) is 3.66. The SMILES string of the molecule is CN(C)CC1CCN(C(=O)c2ncsc2Nc2ccccc2)C1. The number of carbonyl (C=O) groups excluding carboxylic acids is 1. The molecule has 2 heterocycles. The molecule has 2 aromatic rings. The zero-order valence-electron chi connectivity index (χ0n) is 13.5. The van der Waals surface area contributed by atoms with E-state index in [0.29, 0.717) is 11.6 Å². The van der Waals surface area contributed by atoms with Crippen LogP contribution in [0.5, 0.6) is 0 Å². The van der Waals surface area contributed by atoms with Gasteiger partial charge in [-0.2, -0.15) is 0 Å². The minimum Gasteiger partial charge on any atom is -0.345 e. The molecule has 1 aromatic carbocycles. The number of amides is 1. The highest BCUT2D eigenvalue weighted by molar-refractivity contribution is 7.14. The lowest BCUT2D eigenvalue weighted by atomic mass is 10.1. The smallest absolute Gasteiger partial charge is 0.275 e. The fraction of sp³-hybridized carbons (Fsp3) is 0.412. The van der Waals surface area contributed by atoms with Crippen molar-refractivity contribution in [3.05, 3.63) is 41.5 Å². The summed E-state index contributed by atoms with van der Waals surface area (Å²) in [6, 6.07) is 9.88. The van der Waals surface area contributed by atoms with Crippen LogP contribution in [0, 0.1) is 5.92 Å². The number of likely N-dealkylation sites (tertiary alicyclic amines) is 1. The van der Waals surface area contributed by atoms with E-state index in [2.05, 4.69) is 29.3 Å². The molecule has 0 radical (unpaired) electrons. The Morgan fingerprint density at radius 3 is 2.91 bits per heavy atom. The third kappa shape index (κ3) is 3.89. The summed E-state index contributed by atoms with van der Waals surface area (Å²) in [5.74, 6) is 0.587. The number of thiazole rings is 1. The van der Waals surface area contributed by atoms with E-state index in [1.807, 2.05) is 35.2 Å². The Labute approximate surface area is 140 Å². The normalized spacial score (nSPS) is 17.7. The number of aromatic nitrogens is 1. The maximum atomic E-state index is 12.8. The summed E-state index contributed by atoms with van der Waals surface area (Å²) in [6.07, 6.45) is 1.06. The molecular formula is C17H22N4OS. The Bertz CT molecular complexity index is 656. The first kappa shape index (κ1) is 16.0. The summed E-state index contributed by atoms with van der Waals surface area (Å²) < 4.78 is 0. The summed E-state index contributed by atoms with van der Waals surface area (Å²) in [5, 5.41) is 4.12. The third-order valence-electron chi connectivity index (χ3n) is 4.00. The Balaban J connectivity index is 1.68. The van der Waals surface area contributed by atoms with E-state index in [4.69, 9.17) is 0 Å². The zero-order chi connectivity index (χ0) is 16.2. The Hall–Kier alpha value is -1.92. The second-order valence-electron chi connectivity index (χ2n) is 6.19. The van der Waals surface area contributed by atoms with Crippen molar-refractivity contribution in [2.75, 3.05) is 39.0 Å². The monoisotopic (exact) mass is 330 g/mol. The van der Waals surface area contributed by atoms with Crippen molar-refractivity contribution in [2.24, 2.45) is 5.92 Å². The number of nitrogens with one attached hydrogen (secondary N) is 1. The van der Waals surface area contributed by atoms with Crippen molar-refractivity contribution in [3.63, 3.8) is 0 Å². The molecule has 6 heteroatoms. The summed E-state index contributed by atoms with van der Waals surface area (Å²) >= 11 is 1.46. The van der Waals surface area contributed by atoms with Crippen LogP contribution in [0.15, 0.2) is 35.8 Å². The van der Waals surface area contributed by atoms with E-state index < -0.39 is 0 Å². The maximum Gasteiger partial charge on any atom is 0.275 e. The highest BCUT2D eigenvalue weighted by Gasteiger charge is 2.29. The van der Waals surface area contributed by atoms with Crippen LogP contribution in [0.3, 0.4) is 0 Å². The van der Waals surface area contributed by atoms with E-state index in [0.717, 1.165) is 36.7 Å². The van der Waals surface area contributed by atoms with Gasteiger partial charge in [-0.25, -0.2) is 4.98 Å². The van der Waals surface area contributed by atoms with Gasteiger partial charge in [0.05, 0.1) is 5.51 Å². The Morgan fingerprint density at radius 1 is 1.39 bits per heavy atom. The van der Waals surface area contributed by atoms with Crippen LogP contribution < -0.4 is 5.32 Å². The number of hydrogen-bond acceptors (Lipinski definition) is 5. The number of anilines is 2. The number of para-hydroxylation sites is 1. The van der Waals surface area contributed by atoms with Crippen molar-refractivity contribution in [3.8, 4) is 0 Å². The number of benzene rings is 1. The molecule has 0 bridgehead atoms. The van der Waals surface area contributed by atoms with Gasteiger partial charge in [0.2, 0.25) is 0 Å². The summed E-state index contributed by atoms with van der Waals surface area (Å²) in [7, 11) is 4.15. The highest BCUT2D eigenvalue weighted by Crippen LogP contribution is 2.27. The number of hydrogen-bond donors (Lipinski definition) is 1. The van der Waals surface area contributed by atoms with Gasteiger partial charge >= 0.3 is 0 Å². The summed E-state index contributed by atoms with van der Waals surface area (Å²) in [5.41, 5.74) is 3.23. The molecule has 3 rings (SSSR count). The van der Waals surface area contributed by atoms with Gasteiger partial charge in [0, 0.05) is 25.3 Å². The van der Waals surface area contributed by atoms with Gasteiger partial charge in [-0.1, -0.05) is 18.2 Å². The maximum absolute atomic E-state index is 12.8. The number of nitrogens with zero attached hydrogens (tertiary/aromatic N) is 3. The average molecular weight is 330 g/mol. The van der Waals surface area contributed by atoms with Crippen LogP contribution in [-0.2, 0) is 0 Å². The van der Waals surface area contributed by atoms with E-state index in [1.165, 1.54) is 11.3 Å². The molecule has 122 valence electrons. The summed E-state index contributed by atoms with van der Waals surface area (Å²) in [6.45, 7) is 2.66. The second kappa shape index (κ2) is 7.10. The van der Waals surface area contributed by atoms with Crippen molar-refractivity contribution in [1.29, 1.82) is 0 Å². The molecule has 23 heavy (non-hydrogen) atoms. The van der Waals surface area contributed by atoms with Gasteiger partial charge in [0.1, 0.15) is 5.00 Å². The third-order valence-corrected chi connectivity index (χ3v) is 4.74. The van der Waals surface area contributed by atoms with E-state index >= 15 is 0 Å². The van der Waals surface area contributed by atoms with Crippen LogP contribution in [0.1, 0.15) is 16.9 Å². The van der Waals surface area contributed by atoms with Gasteiger partial charge in [0.15, 0.2) is 5.69 Å². The molecule has 1 N–H and O–H groups in total. The van der Waals surface area contributed by atoms with Gasteiger partial charge in [0.25, 0.3) is 5.91 Å². The Kier molecular flexibility index (Phi) is 4.93. The predicted octanol–water partition coefficient (Wildman–Crippen LogP) is 2.91. The molecule has 1 unspecified atom stereocenters. The Morgan fingerprint density at radius 2 is 2.17 bits per heavy atom.